The Hall–Kier alpha value is -2.18. The number of carbonyl (C=O) groups is 1. The number of fused-ring (bicyclic) bond motifs is 1. The number of rotatable bonds is 4. The van der Waals surface area contributed by atoms with E-state index in [4.69, 9.17) is 9.05 Å². The van der Waals surface area contributed by atoms with E-state index in [9.17, 15) is 4.79 Å². The molecule has 2 aliphatic carbocycles. The van der Waals surface area contributed by atoms with Gasteiger partial charge in [0.15, 0.2) is 11.5 Å². The molecule has 1 saturated carbocycles. The topological polar surface area (TPSA) is 85.3 Å². The Balaban J connectivity index is 1.26. The molecule has 1 atom stereocenters. The first kappa shape index (κ1) is 16.0. The smallest absolute Gasteiger partial charge is 0.276 e. The molecule has 1 aliphatic heterocycles. The van der Waals surface area contributed by atoms with Crippen molar-refractivity contribution in [3.63, 3.8) is 0 Å². The number of nitrogens with zero attached hydrogens (tertiary/aromatic N) is 4. The quantitative estimate of drug-likeness (QED) is 0.837. The van der Waals surface area contributed by atoms with Crippen LogP contribution in [0.25, 0.3) is 0 Å². The maximum atomic E-state index is 13.0. The van der Waals surface area contributed by atoms with Crippen LogP contribution in [-0.4, -0.2) is 39.2 Å². The number of aromatic nitrogens is 3. The maximum absolute atomic E-state index is 13.0. The van der Waals surface area contributed by atoms with Gasteiger partial charge in [0, 0.05) is 37.4 Å². The highest BCUT2D eigenvalue weighted by Crippen LogP contribution is 2.38. The molecular formula is C19H24N4O3. The molecule has 1 unspecified atom stereocenters. The van der Waals surface area contributed by atoms with Gasteiger partial charge in [-0.1, -0.05) is 10.3 Å². The third-order valence-corrected chi connectivity index (χ3v) is 5.85. The Labute approximate surface area is 152 Å². The molecule has 138 valence electrons. The first-order valence-electron chi connectivity index (χ1n) is 9.87. The van der Waals surface area contributed by atoms with Gasteiger partial charge in [0.1, 0.15) is 5.76 Å². The standard InChI is InChI=1S/C19H24N4O3/c24-19(17-14-5-1-2-6-15(14)25-21-17)23-9-3-4-12(11-23)10-16-20-18(22-26-16)13-7-8-13/h12-13H,1-11H2. The van der Waals surface area contributed by atoms with Gasteiger partial charge in [0.2, 0.25) is 5.89 Å². The van der Waals surface area contributed by atoms with Crippen molar-refractivity contribution in [2.45, 2.75) is 63.7 Å². The minimum atomic E-state index is 0.0193. The number of likely N-dealkylation sites (tertiary alicyclic amines) is 1. The van der Waals surface area contributed by atoms with Crippen LogP contribution in [0.5, 0.6) is 0 Å². The molecule has 26 heavy (non-hydrogen) atoms. The third-order valence-electron chi connectivity index (χ3n) is 5.85. The number of hydrogen-bond acceptors (Lipinski definition) is 6. The SMILES string of the molecule is O=C(c1noc2c1CCCC2)N1CCCC(Cc2nc(C3CC3)no2)C1. The lowest BCUT2D eigenvalue weighted by molar-refractivity contribution is 0.0656. The molecule has 3 heterocycles. The van der Waals surface area contributed by atoms with E-state index in [0.717, 1.165) is 75.2 Å². The van der Waals surface area contributed by atoms with Crippen molar-refractivity contribution in [3.8, 4) is 0 Å². The zero-order valence-corrected chi connectivity index (χ0v) is 14.9. The third kappa shape index (κ3) is 3.04. The van der Waals surface area contributed by atoms with Crippen LogP contribution in [0.1, 0.15) is 78.0 Å². The summed E-state index contributed by atoms with van der Waals surface area (Å²) in [6.45, 7) is 1.51. The molecule has 2 fully saturated rings. The summed E-state index contributed by atoms with van der Waals surface area (Å²) in [5, 5.41) is 8.20. The largest absolute Gasteiger partial charge is 0.360 e. The van der Waals surface area contributed by atoms with E-state index in [-0.39, 0.29) is 5.91 Å². The minimum absolute atomic E-state index is 0.0193. The molecule has 2 aromatic heterocycles. The lowest BCUT2D eigenvalue weighted by Crippen LogP contribution is -2.41. The van der Waals surface area contributed by atoms with Gasteiger partial charge in [-0.2, -0.15) is 4.98 Å². The second-order valence-electron chi connectivity index (χ2n) is 7.92. The van der Waals surface area contributed by atoms with Gasteiger partial charge in [-0.05, 0) is 50.9 Å². The van der Waals surface area contributed by atoms with Gasteiger partial charge in [-0.25, -0.2) is 0 Å². The Morgan fingerprint density at radius 2 is 1.96 bits per heavy atom. The molecular weight excluding hydrogens is 332 g/mol. The summed E-state index contributed by atoms with van der Waals surface area (Å²) in [7, 11) is 0. The van der Waals surface area contributed by atoms with Crippen LogP contribution in [-0.2, 0) is 19.3 Å². The summed E-state index contributed by atoms with van der Waals surface area (Å²) in [4.78, 5) is 19.4. The van der Waals surface area contributed by atoms with E-state index in [1.54, 1.807) is 0 Å². The number of piperidine rings is 1. The molecule has 5 rings (SSSR count). The minimum Gasteiger partial charge on any atom is -0.360 e. The first-order chi connectivity index (χ1) is 12.8. The van der Waals surface area contributed by atoms with Gasteiger partial charge in [0.05, 0.1) is 0 Å². The van der Waals surface area contributed by atoms with Crippen LogP contribution in [0.3, 0.4) is 0 Å². The highest BCUT2D eigenvalue weighted by Gasteiger charge is 2.32. The molecule has 0 bridgehead atoms. The predicted molar refractivity (Wildman–Crippen MR) is 91.7 cm³/mol. The fourth-order valence-corrected chi connectivity index (χ4v) is 4.22. The number of amides is 1. The molecule has 3 aliphatic rings. The lowest BCUT2D eigenvalue weighted by atomic mass is 9.93. The Morgan fingerprint density at radius 1 is 1.08 bits per heavy atom. The van der Waals surface area contributed by atoms with Crippen molar-refractivity contribution < 1.29 is 13.8 Å². The van der Waals surface area contributed by atoms with Gasteiger partial charge >= 0.3 is 0 Å². The van der Waals surface area contributed by atoms with E-state index in [0.29, 0.717) is 23.4 Å². The van der Waals surface area contributed by atoms with Crippen molar-refractivity contribution in [2.24, 2.45) is 5.92 Å². The zero-order chi connectivity index (χ0) is 17.5. The van der Waals surface area contributed by atoms with Gasteiger partial charge in [0.25, 0.3) is 5.91 Å². The normalized spacial score (nSPS) is 23.1. The predicted octanol–water partition coefficient (Wildman–Crippen LogP) is 2.91. The van der Waals surface area contributed by atoms with E-state index in [1.165, 1.54) is 12.8 Å². The number of carbonyl (C=O) groups excluding carboxylic acids is 1. The second-order valence-corrected chi connectivity index (χ2v) is 7.92. The summed E-state index contributed by atoms with van der Waals surface area (Å²) in [6, 6.07) is 0. The van der Waals surface area contributed by atoms with Gasteiger partial charge in [-0.15, -0.1) is 0 Å². The van der Waals surface area contributed by atoms with Crippen LogP contribution in [0.15, 0.2) is 9.05 Å². The molecule has 0 N–H and O–H groups in total. The molecule has 7 heteroatoms. The molecule has 1 saturated heterocycles. The van der Waals surface area contributed by atoms with E-state index < -0.39 is 0 Å². The Bertz CT molecular complexity index is 808. The molecule has 0 aromatic carbocycles. The van der Waals surface area contributed by atoms with Gasteiger partial charge < -0.3 is 13.9 Å². The summed E-state index contributed by atoms with van der Waals surface area (Å²) < 4.78 is 10.8. The molecule has 0 radical (unpaired) electrons. The fourth-order valence-electron chi connectivity index (χ4n) is 4.22. The molecule has 7 nitrogen and oxygen atoms in total. The zero-order valence-electron chi connectivity index (χ0n) is 14.9. The summed E-state index contributed by atoms with van der Waals surface area (Å²) in [6.07, 6.45) is 9.22. The van der Waals surface area contributed by atoms with E-state index in [1.807, 2.05) is 4.90 Å². The first-order valence-corrected chi connectivity index (χ1v) is 9.87. The van der Waals surface area contributed by atoms with Crippen molar-refractivity contribution >= 4 is 5.91 Å². The van der Waals surface area contributed by atoms with Crippen molar-refractivity contribution in [2.75, 3.05) is 13.1 Å². The van der Waals surface area contributed by atoms with E-state index in [2.05, 4.69) is 15.3 Å². The highest BCUT2D eigenvalue weighted by atomic mass is 16.5. The van der Waals surface area contributed by atoms with Crippen LogP contribution >= 0.6 is 0 Å². The number of hydrogen-bond donors (Lipinski definition) is 0. The van der Waals surface area contributed by atoms with Crippen molar-refractivity contribution in [1.29, 1.82) is 0 Å². The average molecular weight is 356 g/mol. The summed E-state index contributed by atoms with van der Waals surface area (Å²) in [5.74, 6) is 3.37. The molecule has 2 aromatic rings. The molecule has 0 spiro atoms. The monoisotopic (exact) mass is 356 g/mol. The Morgan fingerprint density at radius 3 is 2.85 bits per heavy atom. The van der Waals surface area contributed by atoms with Crippen LogP contribution in [0.4, 0.5) is 0 Å². The van der Waals surface area contributed by atoms with Crippen LogP contribution in [0, 0.1) is 5.92 Å². The highest BCUT2D eigenvalue weighted by molar-refractivity contribution is 5.94. The fraction of sp³-hybridized carbons (Fsp3) is 0.684. The van der Waals surface area contributed by atoms with E-state index >= 15 is 0 Å². The van der Waals surface area contributed by atoms with Crippen LogP contribution in [0.2, 0.25) is 0 Å². The van der Waals surface area contributed by atoms with Gasteiger partial charge in [-0.3, -0.25) is 4.79 Å². The van der Waals surface area contributed by atoms with Crippen LogP contribution < -0.4 is 0 Å². The number of aryl methyl sites for hydroxylation is 1. The average Bonchev–Trinajstić information content (AvgIpc) is 3.27. The molecule has 1 amide bonds. The Kier molecular flexibility index (Phi) is 4.02. The second kappa shape index (κ2) is 6.52. The van der Waals surface area contributed by atoms with Crippen molar-refractivity contribution in [1.82, 2.24) is 20.2 Å². The summed E-state index contributed by atoms with van der Waals surface area (Å²) in [5.41, 5.74) is 1.57. The summed E-state index contributed by atoms with van der Waals surface area (Å²) >= 11 is 0. The van der Waals surface area contributed by atoms with Crippen molar-refractivity contribution in [3.05, 3.63) is 28.7 Å². The lowest BCUT2D eigenvalue weighted by Gasteiger charge is -2.31. The maximum Gasteiger partial charge on any atom is 0.276 e.